The Kier molecular flexibility index (Phi) is 13.5. The standard InChI is InChI=1S/C48H78/c1-37-7-15-41(16-8-37)23-31-47(33-25-45(26-34-47)43-19-11-39(3)12-20-43)29-5-6-30-48(32-24-42-17-9-38(2)10-18-42)35-27-46(28-36-48)44-21-13-40(4)14-22-44/h37-46H,7-28,31-36H2,1-4H3. The summed E-state index contributed by atoms with van der Waals surface area (Å²) in [5.74, 6) is 25.1. The molecular formula is C48H78. The van der Waals surface area contributed by atoms with E-state index in [1.807, 2.05) is 0 Å². The molecule has 0 heterocycles. The van der Waals surface area contributed by atoms with Gasteiger partial charge in [0.25, 0.3) is 0 Å². The number of hydrogen-bond acceptors (Lipinski definition) is 0. The maximum absolute atomic E-state index is 4.02. The molecule has 0 radical (unpaired) electrons. The van der Waals surface area contributed by atoms with Crippen molar-refractivity contribution in [3.63, 3.8) is 0 Å². The second kappa shape index (κ2) is 17.6. The van der Waals surface area contributed by atoms with E-state index in [4.69, 9.17) is 0 Å². The molecule has 0 aromatic carbocycles. The maximum Gasteiger partial charge on any atom is 0.0325 e. The number of hydrogen-bond donors (Lipinski definition) is 0. The van der Waals surface area contributed by atoms with Crippen molar-refractivity contribution in [2.75, 3.05) is 0 Å². The second-order valence-corrected chi connectivity index (χ2v) is 20.1. The third-order valence-corrected chi connectivity index (χ3v) is 16.5. The van der Waals surface area contributed by atoms with Crippen LogP contribution < -0.4 is 0 Å². The Bertz CT molecular complexity index is 968. The van der Waals surface area contributed by atoms with Crippen LogP contribution in [0.3, 0.4) is 0 Å². The van der Waals surface area contributed by atoms with E-state index in [-0.39, 0.29) is 10.8 Å². The quantitative estimate of drug-likeness (QED) is 0.228. The average molecular weight is 655 g/mol. The molecule has 6 aliphatic carbocycles. The molecule has 6 rings (SSSR count). The minimum atomic E-state index is 0.248. The molecule has 270 valence electrons. The van der Waals surface area contributed by atoms with Crippen molar-refractivity contribution in [1.29, 1.82) is 0 Å². The molecule has 0 aromatic rings. The van der Waals surface area contributed by atoms with E-state index in [0.717, 1.165) is 59.2 Å². The summed E-state index contributed by atoms with van der Waals surface area (Å²) in [7, 11) is 0. The topological polar surface area (TPSA) is 0 Å². The van der Waals surface area contributed by atoms with E-state index in [2.05, 4.69) is 51.4 Å². The predicted octanol–water partition coefficient (Wildman–Crippen LogP) is 14.2. The fourth-order valence-electron chi connectivity index (χ4n) is 12.2. The molecule has 0 aromatic heterocycles. The minimum Gasteiger partial charge on any atom is -0.0823 e. The fourth-order valence-corrected chi connectivity index (χ4v) is 12.2. The van der Waals surface area contributed by atoms with Crippen LogP contribution in [0.25, 0.3) is 0 Å². The van der Waals surface area contributed by atoms with Crippen LogP contribution in [0.4, 0.5) is 0 Å². The monoisotopic (exact) mass is 655 g/mol. The van der Waals surface area contributed by atoms with E-state index in [0.29, 0.717) is 0 Å². The molecule has 0 bridgehead atoms. The Morgan fingerprint density at radius 2 is 0.625 bits per heavy atom. The van der Waals surface area contributed by atoms with E-state index < -0.39 is 0 Å². The molecule has 6 fully saturated rings. The summed E-state index contributed by atoms with van der Waals surface area (Å²) in [6, 6.07) is 0. The molecule has 0 nitrogen and oxygen atoms in total. The molecule has 0 unspecified atom stereocenters. The van der Waals surface area contributed by atoms with Crippen LogP contribution >= 0.6 is 0 Å². The van der Waals surface area contributed by atoms with Crippen LogP contribution in [0.5, 0.6) is 0 Å². The van der Waals surface area contributed by atoms with Crippen molar-refractivity contribution in [2.45, 2.75) is 207 Å². The predicted molar refractivity (Wildman–Crippen MR) is 207 cm³/mol. The third kappa shape index (κ3) is 10.3. The van der Waals surface area contributed by atoms with Gasteiger partial charge in [-0.3, -0.25) is 0 Å². The fraction of sp³-hybridized carbons (Fsp3) is 0.917. The maximum atomic E-state index is 4.02. The van der Waals surface area contributed by atoms with Crippen LogP contribution in [0, 0.1) is 93.7 Å². The van der Waals surface area contributed by atoms with Crippen LogP contribution in [-0.4, -0.2) is 0 Å². The summed E-state index contributed by atoms with van der Waals surface area (Å²) < 4.78 is 0. The van der Waals surface area contributed by atoms with Gasteiger partial charge in [0.05, 0.1) is 0 Å². The van der Waals surface area contributed by atoms with E-state index in [1.165, 1.54) is 180 Å². The van der Waals surface area contributed by atoms with Crippen molar-refractivity contribution in [2.24, 2.45) is 70.0 Å². The zero-order valence-electron chi connectivity index (χ0n) is 32.6. The van der Waals surface area contributed by atoms with E-state index in [1.54, 1.807) is 0 Å². The lowest BCUT2D eigenvalue weighted by atomic mass is 9.62. The molecule has 0 atom stereocenters. The smallest absolute Gasteiger partial charge is 0.0325 e. The van der Waals surface area contributed by atoms with Gasteiger partial charge in [0.15, 0.2) is 0 Å². The molecule has 6 aliphatic rings. The Hall–Kier alpha value is -0.880. The summed E-state index contributed by atoms with van der Waals surface area (Å²) in [5, 5.41) is 0. The zero-order chi connectivity index (χ0) is 33.4. The van der Waals surface area contributed by atoms with Gasteiger partial charge in [-0.1, -0.05) is 117 Å². The lowest BCUT2D eigenvalue weighted by molar-refractivity contribution is 0.114. The SMILES string of the molecule is CC1CCC(CCC2(C#CC#CC3(CCC4CCC(C)CC4)CCC(C4CCC(C)CC4)CC3)CCC(C3CCC(C)CC3)CC2)CC1. The highest BCUT2D eigenvalue weighted by molar-refractivity contribution is 5.32. The highest BCUT2D eigenvalue weighted by atomic mass is 14.4. The van der Waals surface area contributed by atoms with E-state index >= 15 is 0 Å². The van der Waals surface area contributed by atoms with Gasteiger partial charge in [-0.05, 0) is 174 Å². The van der Waals surface area contributed by atoms with Gasteiger partial charge in [0.1, 0.15) is 0 Å². The molecule has 0 amide bonds. The summed E-state index contributed by atoms with van der Waals surface area (Å²) in [6.07, 6.45) is 40.3. The van der Waals surface area contributed by atoms with Gasteiger partial charge < -0.3 is 0 Å². The van der Waals surface area contributed by atoms with Gasteiger partial charge in [0, 0.05) is 10.8 Å². The summed E-state index contributed by atoms with van der Waals surface area (Å²) in [6.45, 7) is 9.91. The summed E-state index contributed by atoms with van der Waals surface area (Å²) in [5.41, 5.74) is 0.496. The van der Waals surface area contributed by atoms with Crippen LogP contribution in [0.2, 0.25) is 0 Å². The minimum absolute atomic E-state index is 0.248. The largest absolute Gasteiger partial charge is 0.0823 e. The zero-order valence-corrected chi connectivity index (χ0v) is 32.6. The second-order valence-electron chi connectivity index (χ2n) is 20.1. The molecule has 0 saturated heterocycles. The first-order chi connectivity index (χ1) is 23.3. The Morgan fingerprint density at radius 3 is 0.938 bits per heavy atom. The molecule has 0 aliphatic heterocycles. The Morgan fingerprint density at radius 1 is 0.354 bits per heavy atom. The van der Waals surface area contributed by atoms with Crippen molar-refractivity contribution >= 4 is 0 Å². The first kappa shape index (κ1) is 36.9. The molecule has 0 N–H and O–H groups in total. The van der Waals surface area contributed by atoms with Gasteiger partial charge in [-0.25, -0.2) is 0 Å². The molecule has 0 heteroatoms. The van der Waals surface area contributed by atoms with Gasteiger partial charge >= 0.3 is 0 Å². The Labute approximate surface area is 300 Å². The van der Waals surface area contributed by atoms with Gasteiger partial charge in [0.2, 0.25) is 0 Å². The van der Waals surface area contributed by atoms with Crippen molar-refractivity contribution in [3.05, 3.63) is 0 Å². The number of rotatable bonds is 8. The summed E-state index contributed by atoms with van der Waals surface area (Å²) in [4.78, 5) is 0. The summed E-state index contributed by atoms with van der Waals surface area (Å²) >= 11 is 0. The first-order valence-electron chi connectivity index (χ1n) is 22.3. The van der Waals surface area contributed by atoms with Crippen molar-refractivity contribution < 1.29 is 0 Å². The van der Waals surface area contributed by atoms with Gasteiger partial charge in [-0.2, -0.15) is 0 Å². The van der Waals surface area contributed by atoms with Crippen LogP contribution in [0.15, 0.2) is 0 Å². The third-order valence-electron chi connectivity index (χ3n) is 16.5. The Balaban J connectivity index is 1.12. The highest BCUT2D eigenvalue weighted by Crippen LogP contribution is 2.50. The molecule has 0 spiro atoms. The lowest BCUT2D eigenvalue weighted by Crippen LogP contribution is -2.32. The molecule has 6 saturated carbocycles. The van der Waals surface area contributed by atoms with E-state index in [9.17, 15) is 0 Å². The van der Waals surface area contributed by atoms with Crippen molar-refractivity contribution in [3.8, 4) is 23.7 Å². The molecule has 48 heavy (non-hydrogen) atoms. The highest BCUT2D eigenvalue weighted by Gasteiger charge is 2.39. The van der Waals surface area contributed by atoms with Crippen LogP contribution in [0.1, 0.15) is 207 Å². The van der Waals surface area contributed by atoms with Crippen LogP contribution in [-0.2, 0) is 0 Å². The molecular weight excluding hydrogens is 577 g/mol. The van der Waals surface area contributed by atoms with Crippen molar-refractivity contribution in [1.82, 2.24) is 0 Å². The average Bonchev–Trinajstić information content (AvgIpc) is 3.11. The first-order valence-corrected chi connectivity index (χ1v) is 22.3. The van der Waals surface area contributed by atoms with Gasteiger partial charge in [-0.15, -0.1) is 0 Å². The normalized spacial score (nSPS) is 44.1. The lowest BCUT2D eigenvalue weighted by Gasteiger charge is -2.42.